The Morgan fingerprint density at radius 2 is 1.81 bits per heavy atom. The van der Waals surface area contributed by atoms with Crippen LogP contribution in [-0.2, 0) is 14.9 Å². The lowest BCUT2D eigenvalue weighted by molar-refractivity contribution is -0.125. The number of benzene rings is 2. The summed E-state index contributed by atoms with van der Waals surface area (Å²) in [6.45, 7) is 7.24. The molecule has 1 aliphatic rings. The van der Waals surface area contributed by atoms with Crippen molar-refractivity contribution in [2.75, 3.05) is 18.5 Å². The molecule has 0 atom stereocenters. The van der Waals surface area contributed by atoms with E-state index in [1.165, 1.54) is 0 Å². The van der Waals surface area contributed by atoms with Gasteiger partial charge in [0, 0.05) is 18.9 Å². The highest BCUT2D eigenvalue weighted by molar-refractivity contribution is 5.99. The van der Waals surface area contributed by atoms with Gasteiger partial charge >= 0.3 is 0 Å². The van der Waals surface area contributed by atoms with Crippen LogP contribution in [-0.4, -0.2) is 25.2 Å². The van der Waals surface area contributed by atoms with Crippen molar-refractivity contribution in [3.8, 4) is 5.75 Å². The van der Waals surface area contributed by atoms with Crippen molar-refractivity contribution >= 4 is 11.6 Å². The van der Waals surface area contributed by atoms with E-state index in [4.69, 9.17) is 9.47 Å². The average Bonchev–Trinajstić information content (AvgIpc) is 2.63. The highest BCUT2D eigenvalue weighted by Gasteiger charge is 2.41. The van der Waals surface area contributed by atoms with Crippen molar-refractivity contribution in [3.05, 3.63) is 59.7 Å². The summed E-state index contributed by atoms with van der Waals surface area (Å²) in [4.78, 5) is 13.3. The zero-order valence-electron chi connectivity index (χ0n) is 15.7. The maximum atomic E-state index is 13.3. The zero-order chi connectivity index (χ0) is 18.6. The Labute approximate surface area is 155 Å². The molecule has 3 rings (SSSR count). The van der Waals surface area contributed by atoms with E-state index in [0.29, 0.717) is 26.1 Å². The first-order chi connectivity index (χ1) is 12.5. The van der Waals surface area contributed by atoms with Crippen molar-refractivity contribution < 1.29 is 14.3 Å². The number of aryl methyl sites for hydroxylation is 1. The predicted octanol–water partition coefficient (Wildman–Crippen LogP) is 4.47. The molecule has 2 aromatic carbocycles. The van der Waals surface area contributed by atoms with Gasteiger partial charge in [-0.05, 0) is 63.4 Å². The molecule has 138 valence electrons. The van der Waals surface area contributed by atoms with Crippen molar-refractivity contribution in [3.63, 3.8) is 0 Å². The molecule has 0 unspecified atom stereocenters. The van der Waals surface area contributed by atoms with Gasteiger partial charge in [-0.1, -0.05) is 29.8 Å². The number of rotatable bonds is 5. The van der Waals surface area contributed by atoms with Crippen LogP contribution in [0.5, 0.6) is 5.75 Å². The molecule has 0 spiro atoms. The van der Waals surface area contributed by atoms with Crippen LogP contribution in [0.3, 0.4) is 0 Å². The lowest BCUT2D eigenvalue weighted by atomic mass is 9.73. The minimum atomic E-state index is -0.544. The van der Waals surface area contributed by atoms with Crippen molar-refractivity contribution in [2.24, 2.45) is 0 Å². The van der Waals surface area contributed by atoms with E-state index in [1.807, 2.05) is 44.2 Å². The molecule has 26 heavy (non-hydrogen) atoms. The van der Waals surface area contributed by atoms with E-state index in [2.05, 4.69) is 30.4 Å². The highest BCUT2D eigenvalue weighted by atomic mass is 16.5. The molecule has 0 bridgehead atoms. The second-order valence-electron chi connectivity index (χ2n) is 7.21. The molecule has 1 saturated heterocycles. The molecule has 0 saturated carbocycles. The number of carbonyl (C=O) groups excluding carboxylic acids is 1. The molecule has 1 heterocycles. The van der Waals surface area contributed by atoms with Crippen LogP contribution in [0, 0.1) is 6.92 Å². The molecule has 0 aromatic heterocycles. The van der Waals surface area contributed by atoms with E-state index < -0.39 is 5.41 Å². The third kappa shape index (κ3) is 4.07. The first kappa shape index (κ1) is 18.5. The number of anilines is 1. The van der Waals surface area contributed by atoms with Crippen LogP contribution < -0.4 is 10.1 Å². The van der Waals surface area contributed by atoms with Crippen LogP contribution >= 0.6 is 0 Å². The van der Waals surface area contributed by atoms with Crippen molar-refractivity contribution in [1.29, 1.82) is 0 Å². The number of ether oxygens (including phenoxy) is 2. The lowest BCUT2D eigenvalue weighted by Crippen LogP contribution is -2.44. The number of hydrogen-bond donors (Lipinski definition) is 1. The quantitative estimate of drug-likeness (QED) is 0.863. The fraction of sp³-hybridized carbons (Fsp3) is 0.409. The van der Waals surface area contributed by atoms with E-state index in [0.717, 1.165) is 22.6 Å². The summed E-state index contributed by atoms with van der Waals surface area (Å²) in [6.07, 6.45) is 1.51. The maximum Gasteiger partial charge on any atom is 0.235 e. The smallest absolute Gasteiger partial charge is 0.235 e. The van der Waals surface area contributed by atoms with Crippen LogP contribution in [0.25, 0.3) is 0 Å². The summed E-state index contributed by atoms with van der Waals surface area (Å²) in [5, 5.41) is 3.10. The van der Waals surface area contributed by atoms with Gasteiger partial charge in [-0.25, -0.2) is 0 Å². The van der Waals surface area contributed by atoms with Crippen molar-refractivity contribution in [2.45, 2.75) is 45.1 Å². The Hall–Kier alpha value is -2.33. The van der Waals surface area contributed by atoms with Crippen LogP contribution in [0.15, 0.2) is 48.5 Å². The molecule has 0 aliphatic carbocycles. The molecular formula is C22H27NO3. The van der Waals surface area contributed by atoms with Gasteiger partial charge in [0.05, 0.1) is 11.5 Å². The van der Waals surface area contributed by atoms with Gasteiger partial charge in [-0.3, -0.25) is 4.79 Å². The van der Waals surface area contributed by atoms with Gasteiger partial charge in [0.25, 0.3) is 0 Å². The minimum absolute atomic E-state index is 0.0314. The molecular weight excluding hydrogens is 326 g/mol. The number of nitrogens with one attached hydrogen (secondary N) is 1. The molecule has 4 nitrogen and oxygen atoms in total. The third-order valence-corrected chi connectivity index (χ3v) is 4.84. The Morgan fingerprint density at radius 3 is 2.42 bits per heavy atom. The zero-order valence-corrected chi connectivity index (χ0v) is 15.7. The SMILES string of the molecule is Cc1cccc(C2(C(=O)Nc3ccc(OC(C)C)cc3)CCOCC2)c1. The van der Waals surface area contributed by atoms with E-state index in [9.17, 15) is 4.79 Å². The van der Waals surface area contributed by atoms with Crippen LogP contribution in [0.4, 0.5) is 5.69 Å². The summed E-state index contributed by atoms with van der Waals surface area (Å²) < 4.78 is 11.2. The Kier molecular flexibility index (Phi) is 5.62. The van der Waals surface area contributed by atoms with Gasteiger partial charge in [0.15, 0.2) is 0 Å². The lowest BCUT2D eigenvalue weighted by Gasteiger charge is -2.36. The molecule has 1 fully saturated rings. The number of hydrogen-bond acceptors (Lipinski definition) is 3. The highest BCUT2D eigenvalue weighted by Crippen LogP contribution is 2.36. The van der Waals surface area contributed by atoms with E-state index in [-0.39, 0.29) is 12.0 Å². The molecule has 4 heteroatoms. The topological polar surface area (TPSA) is 47.6 Å². The normalized spacial score (nSPS) is 16.3. The van der Waals surface area contributed by atoms with Crippen molar-refractivity contribution in [1.82, 2.24) is 0 Å². The number of amides is 1. The second-order valence-corrected chi connectivity index (χ2v) is 7.21. The summed E-state index contributed by atoms with van der Waals surface area (Å²) >= 11 is 0. The first-order valence-corrected chi connectivity index (χ1v) is 9.23. The predicted molar refractivity (Wildman–Crippen MR) is 104 cm³/mol. The number of carbonyl (C=O) groups is 1. The molecule has 2 aromatic rings. The van der Waals surface area contributed by atoms with Crippen LogP contribution in [0.2, 0.25) is 0 Å². The summed E-state index contributed by atoms with van der Waals surface area (Å²) in [5.41, 5.74) is 2.47. The Balaban J connectivity index is 1.82. The maximum absolute atomic E-state index is 13.3. The standard InChI is InChI=1S/C22H27NO3/c1-16(2)26-20-9-7-19(8-10-20)23-21(24)22(11-13-25-14-12-22)18-6-4-5-17(3)15-18/h4-10,15-16H,11-14H2,1-3H3,(H,23,24). The first-order valence-electron chi connectivity index (χ1n) is 9.23. The second kappa shape index (κ2) is 7.92. The third-order valence-electron chi connectivity index (χ3n) is 4.84. The summed E-state index contributed by atoms with van der Waals surface area (Å²) in [5.74, 6) is 0.835. The monoisotopic (exact) mass is 353 g/mol. The summed E-state index contributed by atoms with van der Waals surface area (Å²) in [7, 11) is 0. The van der Waals surface area contributed by atoms with Gasteiger partial charge in [-0.15, -0.1) is 0 Å². The average molecular weight is 353 g/mol. The van der Waals surface area contributed by atoms with Gasteiger partial charge in [-0.2, -0.15) is 0 Å². The Morgan fingerprint density at radius 1 is 1.12 bits per heavy atom. The fourth-order valence-electron chi connectivity index (χ4n) is 3.45. The largest absolute Gasteiger partial charge is 0.491 e. The summed E-state index contributed by atoms with van der Waals surface area (Å²) in [6, 6.07) is 15.8. The minimum Gasteiger partial charge on any atom is -0.491 e. The van der Waals surface area contributed by atoms with Crippen LogP contribution in [0.1, 0.15) is 37.8 Å². The van der Waals surface area contributed by atoms with Gasteiger partial charge in [0.2, 0.25) is 5.91 Å². The van der Waals surface area contributed by atoms with E-state index >= 15 is 0 Å². The van der Waals surface area contributed by atoms with Gasteiger partial charge in [0.1, 0.15) is 5.75 Å². The molecule has 0 radical (unpaired) electrons. The molecule has 1 N–H and O–H groups in total. The van der Waals surface area contributed by atoms with E-state index in [1.54, 1.807) is 0 Å². The molecule has 1 aliphatic heterocycles. The Bertz CT molecular complexity index is 746. The van der Waals surface area contributed by atoms with Gasteiger partial charge < -0.3 is 14.8 Å². The fourth-order valence-corrected chi connectivity index (χ4v) is 3.45. The molecule has 1 amide bonds.